The zero-order valence-electron chi connectivity index (χ0n) is 15.1. The SMILES string of the molecule is CCNC(=NCc1ccc(COCC(F)(F)F)cc1)NCc1ccccn1. The molecule has 0 bridgehead atoms. The van der Waals surface area contributed by atoms with Crippen LogP contribution in [0.4, 0.5) is 13.2 Å². The van der Waals surface area contributed by atoms with E-state index < -0.39 is 12.8 Å². The summed E-state index contributed by atoms with van der Waals surface area (Å²) in [5.74, 6) is 0.667. The average molecular weight is 380 g/mol. The number of nitrogens with zero attached hydrogens (tertiary/aromatic N) is 2. The smallest absolute Gasteiger partial charge is 0.367 e. The molecule has 1 heterocycles. The Morgan fingerprint density at radius 2 is 1.81 bits per heavy atom. The molecule has 0 aliphatic carbocycles. The number of ether oxygens (including phenoxy) is 1. The summed E-state index contributed by atoms with van der Waals surface area (Å²) < 4.78 is 40.9. The highest BCUT2D eigenvalue weighted by molar-refractivity contribution is 5.79. The molecule has 27 heavy (non-hydrogen) atoms. The molecule has 0 spiro atoms. The van der Waals surface area contributed by atoms with Crippen LogP contribution in [0.1, 0.15) is 23.7 Å². The van der Waals surface area contributed by atoms with E-state index in [0.717, 1.165) is 17.8 Å². The van der Waals surface area contributed by atoms with Gasteiger partial charge < -0.3 is 15.4 Å². The highest BCUT2D eigenvalue weighted by Crippen LogP contribution is 2.16. The van der Waals surface area contributed by atoms with Crippen molar-refractivity contribution in [2.75, 3.05) is 13.2 Å². The van der Waals surface area contributed by atoms with E-state index in [-0.39, 0.29) is 6.61 Å². The van der Waals surface area contributed by atoms with Crippen molar-refractivity contribution < 1.29 is 17.9 Å². The summed E-state index contributed by atoms with van der Waals surface area (Å²) in [6.07, 6.45) is -2.57. The van der Waals surface area contributed by atoms with Gasteiger partial charge in [0.15, 0.2) is 5.96 Å². The van der Waals surface area contributed by atoms with Crippen molar-refractivity contribution in [1.29, 1.82) is 0 Å². The second-order valence-electron chi connectivity index (χ2n) is 5.79. The quantitative estimate of drug-likeness (QED) is 0.544. The molecule has 0 aliphatic rings. The number of aliphatic imine (C=N–C) groups is 1. The van der Waals surface area contributed by atoms with Crippen molar-refractivity contribution in [3.63, 3.8) is 0 Å². The van der Waals surface area contributed by atoms with Crippen molar-refractivity contribution in [3.05, 3.63) is 65.5 Å². The lowest BCUT2D eigenvalue weighted by molar-refractivity contribution is -0.176. The minimum absolute atomic E-state index is 0.0721. The molecular weight excluding hydrogens is 357 g/mol. The predicted octanol–water partition coefficient (Wildman–Crippen LogP) is 3.42. The summed E-state index contributed by atoms with van der Waals surface area (Å²) in [7, 11) is 0. The summed E-state index contributed by atoms with van der Waals surface area (Å²) in [5.41, 5.74) is 2.54. The molecule has 1 aromatic carbocycles. The van der Waals surface area contributed by atoms with Gasteiger partial charge in [-0.3, -0.25) is 4.98 Å². The number of pyridine rings is 1. The zero-order valence-corrected chi connectivity index (χ0v) is 15.1. The highest BCUT2D eigenvalue weighted by Gasteiger charge is 2.27. The van der Waals surface area contributed by atoms with Crippen LogP contribution in [-0.4, -0.2) is 30.3 Å². The van der Waals surface area contributed by atoms with Gasteiger partial charge in [0.05, 0.1) is 25.4 Å². The van der Waals surface area contributed by atoms with Gasteiger partial charge in [-0.1, -0.05) is 30.3 Å². The van der Waals surface area contributed by atoms with Gasteiger partial charge >= 0.3 is 6.18 Å². The number of nitrogens with one attached hydrogen (secondary N) is 2. The minimum atomic E-state index is -4.31. The fraction of sp³-hybridized carbons (Fsp3) is 0.368. The largest absolute Gasteiger partial charge is 0.411 e. The Balaban J connectivity index is 1.85. The summed E-state index contributed by atoms with van der Waals surface area (Å²) in [4.78, 5) is 8.76. The van der Waals surface area contributed by atoms with Gasteiger partial charge in [-0.25, -0.2) is 4.99 Å². The number of halogens is 3. The Morgan fingerprint density at radius 3 is 2.44 bits per heavy atom. The summed E-state index contributed by atoms with van der Waals surface area (Å²) in [6.45, 7) is 2.39. The van der Waals surface area contributed by atoms with Crippen molar-refractivity contribution >= 4 is 5.96 Å². The minimum Gasteiger partial charge on any atom is -0.367 e. The van der Waals surface area contributed by atoms with E-state index in [1.165, 1.54) is 0 Å². The lowest BCUT2D eigenvalue weighted by atomic mass is 10.1. The van der Waals surface area contributed by atoms with Crippen molar-refractivity contribution in [2.45, 2.75) is 32.8 Å². The van der Waals surface area contributed by atoms with Crippen LogP contribution in [0.25, 0.3) is 0 Å². The van der Waals surface area contributed by atoms with Gasteiger partial charge in [0.2, 0.25) is 0 Å². The summed E-state index contributed by atoms with van der Waals surface area (Å²) in [6, 6.07) is 12.9. The number of alkyl halides is 3. The Hall–Kier alpha value is -2.61. The van der Waals surface area contributed by atoms with E-state index in [4.69, 9.17) is 0 Å². The molecule has 0 saturated heterocycles. The Bertz CT molecular complexity index is 703. The third-order valence-electron chi connectivity index (χ3n) is 3.48. The van der Waals surface area contributed by atoms with Gasteiger partial charge in [0, 0.05) is 12.7 Å². The topological polar surface area (TPSA) is 58.5 Å². The molecule has 0 atom stereocenters. The number of benzene rings is 1. The fourth-order valence-electron chi connectivity index (χ4n) is 2.21. The van der Waals surface area contributed by atoms with Crippen LogP contribution < -0.4 is 10.6 Å². The molecule has 2 aromatic rings. The second-order valence-corrected chi connectivity index (χ2v) is 5.79. The van der Waals surface area contributed by atoms with Crippen molar-refractivity contribution in [3.8, 4) is 0 Å². The van der Waals surface area contributed by atoms with E-state index in [1.807, 2.05) is 37.3 Å². The van der Waals surface area contributed by atoms with E-state index in [2.05, 4.69) is 25.3 Å². The first-order valence-corrected chi connectivity index (χ1v) is 8.60. The first-order valence-electron chi connectivity index (χ1n) is 8.60. The summed E-state index contributed by atoms with van der Waals surface area (Å²) in [5, 5.41) is 6.37. The van der Waals surface area contributed by atoms with Gasteiger partial charge in [-0.15, -0.1) is 0 Å². The molecule has 2 rings (SSSR count). The van der Waals surface area contributed by atoms with Gasteiger partial charge in [-0.05, 0) is 30.2 Å². The van der Waals surface area contributed by atoms with E-state index in [0.29, 0.717) is 24.6 Å². The van der Waals surface area contributed by atoms with Crippen LogP contribution in [0, 0.1) is 0 Å². The Labute approximate surface area is 156 Å². The second kappa shape index (κ2) is 10.5. The molecule has 0 amide bonds. The lowest BCUT2D eigenvalue weighted by Gasteiger charge is -2.11. The number of guanidine groups is 1. The van der Waals surface area contributed by atoms with Crippen molar-refractivity contribution in [1.82, 2.24) is 15.6 Å². The van der Waals surface area contributed by atoms with Gasteiger partial charge in [0.25, 0.3) is 0 Å². The Morgan fingerprint density at radius 1 is 1.07 bits per heavy atom. The molecule has 146 valence electrons. The first-order chi connectivity index (χ1) is 13.0. The van der Waals surface area contributed by atoms with Gasteiger partial charge in [-0.2, -0.15) is 13.2 Å². The van der Waals surface area contributed by atoms with Crippen molar-refractivity contribution in [2.24, 2.45) is 4.99 Å². The fourth-order valence-corrected chi connectivity index (χ4v) is 2.21. The molecule has 0 fully saturated rings. The Kier molecular flexibility index (Phi) is 8.06. The lowest BCUT2D eigenvalue weighted by Crippen LogP contribution is -2.36. The van der Waals surface area contributed by atoms with Gasteiger partial charge in [0.1, 0.15) is 6.61 Å². The molecule has 2 N–H and O–H groups in total. The maximum atomic E-state index is 12.1. The number of hydrogen-bond donors (Lipinski definition) is 2. The van der Waals surface area contributed by atoms with Crippen LogP contribution in [-0.2, 0) is 24.4 Å². The van der Waals surface area contributed by atoms with Crippen LogP contribution in [0.5, 0.6) is 0 Å². The maximum absolute atomic E-state index is 12.1. The zero-order chi connectivity index (χ0) is 19.5. The highest BCUT2D eigenvalue weighted by atomic mass is 19.4. The number of hydrogen-bond acceptors (Lipinski definition) is 3. The molecule has 0 saturated carbocycles. The van der Waals surface area contributed by atoms with E-state index in [9.17, 15) is 13.2 Å². The molecule has 8 heteroatoms. The third-order valence-corrected chi connectivity index (χ3v) is 3.48. The van der Waals surface area contributed by atoms with Crippen LogP contribution in [0.3, 0.4) is 0 Å². The molecular formula is C19H23F3N4O. The third kappa shape index (κ3) is 8.54. The first kappa shape index (κ1) is 20.7. The molecule has 0 radical (unpaired) electrons. The standard InChI is InChI=1S/C19H23F3N4O/c1-2-23-18(26-12-17-5-3-4-10-24-17)25-11-15-6-8-16(9-7-15)13-27-14-19(20,21)22/h3-10H,2,11-14H2,1H3,(H2,23,25,26). The average Bonchev–Trinajstić information content (AvgIpc) is 2.65. The molecule has 0 aliphatic heterocycles. The number of rotatable bonds is 8. The maximum Gasteiger partial charge on any atom is 0.411 e. The van der Waals surface area contributed by atoms with E-state index in [1.54, 1.807) is 18.3 Å². The molecule has 5 nitrogen and oxygen atoms in total. The molecule has 0 unspecified atom stereocenters. The summed E-state index contributed by atoms with van der Waals surface area (Å²) >= 11 is 0. The van der Waals surface area contributed by atoms with Crippen LogP contribution in [0.15, 0.2) is 53.7 Å². The van der Waals surface area contributed by atoms with E-state index >= 15 is 0 Å². The predicted molar refractivity (Wildman–Crippen MR) is 98.0 cm³/mol. The number of aromatic nitrogens is 1. The van der Waals surface area contributed by atoms with Crippen LogP contribution >= 0.6 is 0 Å². The monoisotopic (exact) mass is 380 g/mol. The van der Waals surface area contributed by atoms with Crippen LogP contribution in [0.2, 0.25) is 0 Å². The normalized spacial score (nSPS) is 12.1. The molecule has 1 aromatic heterocycles.